The van der Waals surface area contributed by atoms with Crippen LogP contribution >= 0.6 is 23.2 Å². The van der Waals surface area contributed by atoms with E-state index < -0.39 is 11.8 Å². The van der Waals surface area contributed by atoms with Crippen LogP contribution in [-0.2, 0) is 9.59 Å². The molecule has 0 saturated carbocycles. The Morgan fingerprint density at radius 1 is 1.39 bits per heavy atom. The number of carbonyl (C=O) groups excluding carboxylic acids is 2. The Morgan fingerprint density at radius 2 is 2.06 bits per heavy atom. The van der Waals surface area contributed by atoms with Gasteiger partial charge in [-0.3, -0.25) is 9.59 Å². The lowest BCUT2D eigenvalue weighted by molar-refractivity contribution is -0.137. The van der Waals surface area contributed by atoms with Crippen molar-refractivity contribution < 1.29 is 9.59 Å². The summed E-state index contributed by atoms with van der Waals surface area (Å²) in [5, 5.41) is 4.73. The van der Waals surface area contributed by atoms with Crippen LogP contribution in [0.1, 0.15) is 18.9 Å². The number of primary amides is 1. The first-order valence-corrected chi connectivity index (χ1v) is 5.83. The summed E-state index contributed by atoms with van der Waals surface area (Å²) in [6.07, 6.45) is 0.514. The van der Waals surface area contributed by atoms with Gasteiger partial charge in [0.05, 0.1) is 10.7 Å². The first kappa shape index (κ1) is 14.5. The molecule has 18 heavy (non-hydrogen) atoms. The molecule has 5 nitrogen and oxygen atoms in total. The van der Waals surface area contributed by atoms with E-state index in [1.54, 1.807) is 18.2 Å². The third kappa shape index (κ3) is 3.72. The van der Waals surface area contributed by atoms with Gasteiger partial charge in [-0.1, -0.05) is 36.2 Å². The number of hydrazone groups is 1. The molecule has 1 aromatic carbocycles. The third-order valence-electron chi connectivity index (χ3n) is 2.09. The van der Waals surface area contributed by atoms with Crippen LogP contribution in [0.4, 0.5) is 0 Å². The molecule has 0 fully saturated rings. The van der Waals surface area contributed by atoms with E-state index in [0.717, 1.165) is 0 Å². The van der Waals surface area contributed by atoms with Crippen molar-refractivity contribution in [3.8, 4) is 0 Å². The highest BCUT2D eigenvalue weighted by Crippen LogP contribution is 2.22. The lowest BCUT2D eigenvalue weighted by Crippen LogP contribution is -2.33. The number of benzene rings is 1. The number of nitrogens with one attached hydrogen (secondary N) is 1. The Morgan fingerprint density at radius 3 is 2.56 bits per heavy atom. The van der Waals surface area contributed by atoms with Crippen molar-refractivity contribution in [2.75, 3.05) is 0 Å². The molecule has 0 saturated heterocycles. The maximum absolute atomic E-state index is 11.0. The summed E-state index contributed by atoms with van der Waals surface area (Å²) in [7, 11) is 0. The molecule has 0 heterocycles. The highest BCUT2D eigenvalue weighted by Gasteiger charge is 2.10. The minimum Gasteiger partial charge on any atom is -0.361 e. The summed E-state index contributed by atoms with van der Waals surface area (Å²) in [6.45, 7) is 1.83. The van der Waals surface area contributed by atoms with E-state index in [0.29, 0.717) is 27.7 Å². The fourth-order valence-corrected chi connectivity index (χ4v) is 1.74. The summed E-state index contributed by atoms with van der Waals surface area (Å²) < 4.78 is 0. The van der Waals surface area contributed by atoms with Crippen LogP contribution in [0.15, 0.2) is 23.3 Å². The van der Waals surface area contributed by atoms with Crippen LogP contribution in [0.3, 0.4) is 0 Å². The summed E-state index contributed by atoms with van der Waals surface area (Å²) in [4.78, 5) is 21.5. The van der Waals surface area contributed by atoms with Gasteiger partial charge in [-0.05, 0) is 18.6 Å². The molecule has 2 amide bonds. The van der Waals surface area contributed by atoms with Crippen molar-refractivity contribution >= 4 is 40.7 Å². The monoisotopic (exact) mass is 287 g/mol. The number of amides is 2. The summed E-state index contributed by atoms with van der Waals surface area (Å²) in [5.74, 6) is -2.08. The van der Waals surface area contributed by atoms with Crippen LogP contribution in [-0.4, -0.2) is 17.5 Å². The van der Waals surface area contributed by atoms with E-state index in [9.17, 15) is 9.59 Å². The molecule has 0 spiro atoms. The largest absolute Gasteiger partial charge is 0.361 e. The van der Waals surface area contributed by atoms with Crippen LogP contribution in [0.5, 0.6) is 0 Å². The second kappa shape index (κ2) is 6.37. The molecule has 7 heteroatoms. The van der Waals surface area contributed by atoms with Gasteiger partial charge in [0.15, 0.2) is 0 Å². The summed E-state index contributed by atoms with van der Waals surface area (Å²) in [5.41, 5.74) is 8.00. The van der Waals surface area contributed by atoms with Gasteiger partial charge in [-0.25, -0.2) is 5.43 Å². The van der Waals surface area contributed by atoms with Crippen molar-refractivity contribution in [3.63, 3.8) is 0 Å². The maximum Gasteiger partial charge on any atom is 0.329 e. The quantitative estimate of drug-likeness (QED) is 0.504. The first-order chi connectivity index (χ1) is 8.45. The van der Waals surface area contributed by atoms with E-state index in [1.807, 2.05) is 6.92 Å². The normalized spacial score (nSPS) is 11.2. The smallest absolute Gasteiger partial charge is 0.329 e. The SMILES string of the molecule is CC/C(=N/NC(=O)C(N)=O)c1ccc(Cl)cc1Cl. The van der Waals surface area contributed by atoms with Gasteiger partial charge in [0.25, 0.3) is 0 Å². The van der Waals surface area contributed by atoms with E-state index in [1.165, 1.54) is 0 Å². The summed E-state index contributed by atoms with van der Waals surface area (Å²) >= 11 is 11.8. The van der Waals surface area contributed by atoms with Gasteiger partial charge in [0.1, 0.15) is 0 Å². The van der Waals surface area contributed by atoms with E-state index in [4.69, 9.17) is 28.9 Å². The zero-order valence-electron chi connectivity index (χ0n) is 9.54. The number of halogens is 2. The Labute approximate surface area is 114 Å². The average Bonchev–Trinajstić information content (AvgIpc) is 2.31. The van der Waals surface area contributed by atoms with Gasteiger partial charge in [0, 0.05) is 10.6 Å². The summed E-state index contributed by atoms with van der Waals surface area (Å²) in [6, 6.07) is 4.91. The highest BCUT2D eigenvalue weighted by atomic mass is 35.5. The van der Waals surface area contributed by atoms with Crippen molar-refractivity contribution in [1.82, 2.24) is 5.43 Å². The topological polar surface area (TPSA) is 84.6 Å². The maximum atomic E-state index is 11.0. The molecular weight excluding hydrogens is 277 g/mol. The molecule has 0 atom stereocenters. The highest BCUT2D eigenvalue weighted by molar-refractivity contribution is 6.37. The molecule has 0 aliphatic rings. The Hall–Kier alpha value is -1.59. The van der Waals surface area contributed by atoms with Gasteiger partial charge < -0.3 is 5.73 Å². The fourth-order valence-electron chi connectivity index (χ4n) is 1.23. The number of nitrogens with zero attached hydrogens (tertiary/aromatic N) is 1. The van der Waals surface area contributed by atoms with Crippen LogP contribution < -0.4 is 11.2 Å². The van der Waals surface area contributed by atoms with Crippen molar-refractivity contribution in [2.24, 2.45) is 10.8 Å². The number of hydrogen-bond donors (Lipinski definition) is 2. The van der Waals surface area contributed by atoms with Crippen LogP contribution in [0.2, 0.25) is 10.0 Å². The Bertz CT molecular complexity index is 515. The fraction of sp³-hybridized carbons (Fsp3) is 0.182. The molecule has 0 aromatic heterocycles. The van der Waals surface area contributed by atoms with Crippen LogP contribution in [0, 0.1) is 0 Å². The minimum atomic E-state index is -1.10. The van der Waals surface area contributed by atoms with E-state index in [-0.39, 0.29) is 0 Å². The lowest BCUT2D eigenvalue weighted by Gasteiger charge is -2.06. The zero-order chi connectivity index (χ0) is 13.7. The minimum absolute atomic E-state index is 0.413. The molecule has 0 aliphatic carbocycles. The first-order valence-electron chi connectivity index (χ1n) is 5.07. The molecule has 1 aromatic rings. The standard InChI is InChI=1S/C11H11Cl2N3O2/c1-2-9(15-16-11(18)10(14)17)7-4-3-6(12)5-8(7)13/h3-5H,2H2,1H3,(H2,14,17)(H,16,18)/b15-9-. The molecule has 3 N–H and O–H groups in total. The predicted molar refractivity (Wildman–Crippen MR) is 70.6 cm³/mol. The third-order valence-corrected chi connectivity index (χ3v) is 2.64. The molecule has 0 unspecified atom stereocenters. The molecule has 1 rings (SSSR count). The average molecular weight is 288 g/mol. The number of nitrogens with two attached hydrogens (primary N) is 1. The number of hydrogen-bond acceptors (Lipinski definition) is 3. The Balaban J connectivity index is 2.99. The molecule has 0 radical (unpaired) electrons. The van der Waals surface area contributed by atoms with Crippen molar-refractivity contribution in [2.45, 2.75) is 13.3 Å². The second-order valence-corrected chi connectivity index (χ2v) is 4.19. The second-order valence-electron chi connectivity index (χ2n) is 3.34. The Kier molecular flexibility index (Phi) is 5.12. The molecule has 0 bridgehead atoms. The lowest BCUT2D eigenvalue weighted by atomic mass is 10.1. The number of carbonyl (C=O) groups is 2. The van der Waals surface area contributed by atoms with Crippen LogP contribution in [0.25, 0.3) is 0 Å². The number of rotatable bonds is 3. The van der Waals surface area contributed by atoms with Crippen molar-refractivity contribution in [3.05, 3.63) is 33.8 Å². The van der Waals surface area contributed by atoms with Gasteiger partial charge in [-0.15, -0.1) is 0 Å². The molecule has 96 valence electrons. The molecule has 0 aliphatic heterocycles. The zero-order valence-corrected chi connectivity index (χ0v) is 11.0. The van der Waals surface area contributed by atoms with Crippen molar-refractivity contribution in [1.29, 1.82) is 0 Å². The predicted octanol–water partition coefficient (Wildman–Crippen LogP) is 1.71. The molecular formula is C11H11Cl2N3O2. The van der Waals surface area contributed by atoms with Gasteiger partial charge >= 0.3 is 11.8 Å². The van der Waals surface area contributed by atoms with E-state index in [2.05, 4.69) is 10.5 Å². The van der Waals surface area contributed by atoms with Gasteiger partial charge in [0.2, 0.25) is 0 Å². The van der Waals surface area contributed by atoms with E-state index >= 15 is 0 Å². The van der Waals surface area contributed by atoms with Gasteiger partial charge in [-0.2, -0.15) is 5.10 Å².